The van der Waals surface area contributed by atoms with Crippen LogP contribution in [0.3, 0.4) is 0 Å². The maximum absolute atomic E-state index is 14.0. The molecule has 0 radical (unpaired) electrons. The van der Waals surface area contributed by atoms with Crippen LogP contribution in [0.1, 0.15) is 11.1 Å². The van der Waals surface area contributed by atoms with Crippen LogP contribution in [0, 0.1) is 11.6 Å². The molecule has 0 unspecified atom stereocenters. The number of carbonyl (C=O) groups excluding carboxylic acids is 3. The summed E-state index contributed by atoms with van der Waals surface area (Å²) >= 11 is 6.35. The number of amides is 4. The number of anilines is 1. The number of hydrogen-bond donors (Lipinski definition) is 2. The van der Waals surface area contributed by atoms with Crippen LogP contribution in [0.4, 0.5) is 19.3 Å². The SMILES string of the molecule is COc1cc(/C=C2/NC(=O)N(Cc3ccccc3F)C2=O)cc(Cl)c1OCC(=O)Nc1ccc(F)cc1. The van der Waals surface area contributed by atoms with Gasteiger partial charge in [0.2, 0.25) is 0 Å². The van der Waals surface area contributed by atoms with Crippen molar-refractivity contribution in [2.45, 2.75) is 6.54 Å². The van der Waals surface area contributed by atoms with Gasteiger partial charge in [0.05, 0.1) is 18.7 Å². The second-order valence-corrected chi connectivity index (χ2v) is 8.26. The van der Waals surface area contributed by atoms with E-state index in [0.717, 1.165) is 4.90 Å². The number of nitrogens with one attached hydrogen (secondary N) is 2. The maximum Gasteiger partial charge on any atom is 0.329 e. The fourth-order valence-electron chi connectivity index (χ4n) is 3.51. The molecule has 1 fully saturated rings. The Morgan fingerprint density at radius 3 is 2.54 bits per heavy atom. The molecule has 4 rings (SSSR count). The van der Waals surface area contributed by atoms with E-state index in [-0.39, 0.29) is 34.3 Å². The van der Waals surface area contributed by atoms with Crippen molar-refractivity contribution in [1.82, 2.24) is 10.2 Å². The van der Waals surface area contributed by atoms with Gasteiger partial charge in [-0.05, 0) is 54.1 Å². The molecule has 2 N–H and O–H groups in total. The van der Waals surface area contributed by atoms with Crippen molar-refractivity contribution in [1.29, 1.82) is 0 Å². The Morgan fingerprint density at radius 2 is 1.84 bits per heavy atom. The normalized spacial score (nSPS) is 14.1. The molecule has 0 spiro atoms. The molecule has 190 valence electrons. The number of methoxy groups -OCH3 is 1. The third kappa shape index (κ3) is 6.04. The molecule has 0 aliphatic carbocycles. The van der Waals surface area contributed by atoms with E-state index >= 15 is 0 Å². The highest BCUT2D eigenvalue weighted by molar-refractivity contribution is 6.32. The first kappa shape index (κ1) is 25.6. The van der Waals surface area contributed by atoms with Crippen LogP contribution in [0.25, 0.3) is 6.08 Å². The molecule has 3 aromatic rings. The number of imide groups is 1. The lowest BCUT2D eigenvalue weighted by Crippen LogP contribution is -2.30. The standard InChI is InChI=1S/C26H20ClF2N3O5/c1-36-22-12-15(10-19(27)24(22)37-14-23(33)30-18-8-6-17(28)7-9-18)11-21-25(34)32(26(35)31-21)13-16-4-2-3-5-20(16)29/h2-12H,13-14H2,1H3,(H,30,33)(H,31,35)/b21-11+. The van der Waals surface area contributed by atoms with Crippen molar-refractivity contribution in [2.75, 3.05) is 19.0 Å². The molecule has 3 aromatic carbocycles. The largest absolute Gasteiger partial charge is 0.493 e. The zero-order chi connectivity index (χ0) is 26.5. The first-order chi connectivity index (χ1) is 17.7. The van der Waals surface area contributed by atoms with Crippen LogP contribution < -0.4 is 20.1 Å². The molecule has 4 amide bonds. The Balaban J connectivity index is 1.47. The molecule has 11 heteroatoms. The topological polar surface area (TPSA) is 97.0 Å². The molecular formula is C26H20ClF2N3O5. The number of carbonyl (C=O) groups is 3. The summed E-state index contributed by atoms with van der Waals surface area (Å²) in [5.74, 6) is -1.85. The van der Waals surface area contributed by atoms with Crippen molar-refractivity contribution in [3.8, 4) is 11.5 Å². The predicted octanol–water partition coefficient (Wildman–Crippen LogP) is 4.74. The second kappa shape index (κ2) is 11.1. The fraction of sp³-hybridized carbons (Fsp3) is 0.115. The van der Waals surface area contributed by atoms with E-state index in [1.54, 1.807) is 6.07 Å². The zero-order valence-corrected chi connectivity index (χ0v) is 20.1. The summed E-state index contributed by atoms with van der Waals surface area (Å²) in [5.41, 5.74) is 0.956. The van der Waals surface area contributed by atoms with E-state index in [1.165, 1.54) is 67.8 Å². The van der Waals surface area contributed by atoms with Crippen LogP contribution in [-0.4, -0.2) is 36.5 Å². The highest BCUT2D eigenvalue weighted by Crippen LogP contribution is 2.37. The van der Waals surface area contributed by atoms with Gasteiger partial charge < -0.3 is 20.1 Å². The van der Waals surface area contributed by atoms with E-state index in [1.807, 2.05) is 0 Å². The van der Waals surface area contributed by atoms with Gasteiger partial charge in [0, 0.05) is 11.3 Å². The Bertz CT molecular complexity index is 1400. The highest BCUT2D eigenvalue weighted by Gasteiger charge is 2.34. The Kier molecular flexibility index (Phi) is 7.69. The molecule has 0 bridgehead atoms. The average molecular weight is 528 g/mol. The molecule has 1 heterocycles. The van der Waals surface area contributed by atoms with Crippen molar-refractivity contribution >= 4 is 41.2 Å². The fourth-order valence-corrected chi connectivity index (χ4v) is 3.78. The van der Waals surface area contributed by atoms with Crippen molar-refractivity contribution in [3.05, 3.63) is 94.1 Å². The lowest BCUT2D eigenvalue weighted by molar-refractivity contribution is -0.123. The Hall–Kier alpha value is -4.44. The van der Waals surface area contributed by atoms with Gasteiger partial charge in [0.25, 0.3) is 11.8 Å². The van der Waals surface area contributed by atoms with Crippen LogP contribution in [-0.2, 0) is 16.1 Å². The monoisotopic (exact) mass is 527 g/mol. The number of rotatable bonds is 8. The van der Waals surface area contributed by atoms with Gasteiger partial charge in [-0.15, -0.1) is 0 Å². The third-order valence-corrected chi connectivity index (χ3v) is 5.57. The predicted molar refractivity (Wildman–Crippen MR) is 132 cm³/mol. The van der Waals surface area contributed by atoms with E-state index in [9.17, 15) is 23.2 Å². The van der Waals surface area contributed by atoms with Gasteiger partial charge >= 0.3 is 6.03 Å². The third-order valence-electron chi connectivity index (χ3n) is 5.29. The maximum atomic E-state index is 14.0. The number of ether oxygens (including phenoxy) is 2. The van der Waals surface area contributed by atoms with Crippen LogP contribution in [0.5, 0.6) is 11.5 Å². The van der Waals surface area contributed by atoms with Gasteiger partial charge in [-0.1, -0.05) is 29.8 Å². The van der Waals surface area contributed by atoms with E-state index < -0.39 is 36.1 Å². The minimum Gasteiger partial charge on any atom is -0.493 e. The minimum atomic E-state index is -0.690. The molecule has 0 atom stereocenters. The van der Waals surface area contributed by atoms with Gasteiger partial charge in [-0.2, -0.15) is 0 Å². The lowest BCUT2D eigenvalue weighted by atomic mass is 10.1. The molecule has 8 nitrogen and oxygen atoms in total. The van der Waals surface area contributed by atoms with Crippen molar-refractivity contribution in [3.63, 3.8) is 0 Å². The second-order valence-electron chi connectivity index (χ2n) is 7.85. The molecule has 1 aliphatic heterocycles. The quantitative estimate of drug-likeness (QED) is 0.326. The van der Waals surface area contributed by atoms with Gasteiger partial charge in [-0.25, -0.2) is 13.6 Å². The summed E-state index contributed by atoms with van der Waals surface area (Å²) in [4.78, 5) is 38.2. The van der Waals surface area contributed by atoms with Crippen molar-refractivity contribution in [2.24, 2.45) is 0 Å². The van der Waals surface area contributed by atoms with E-state index in [2.05, 4.69) is 10.6 Å². The highest BCUT2D eigenvalue weighted by atomic mass is 35.5. The summed E-state index contributed by atoms with van der Waals surface area (Å²) in [6.07, 6.45) is 1.39. The van der Waals surface area contributed by atoms with E-state index in [4.69, 9.17) is 21.1 Å². The Morgan fingerprint density at radius 1 is 1.11 bits per heavy atom. The smallest absolute Gasteiger partial charge is 0.329 e. The summed E-state index contributed by atoms with van der Waals surface area (Å²) in [6.45, 7) is -0.640. The van der Waals surface area contributed by atoms with Crippen molar-refractivity contribution < 1.29 is 32.6 Å². The lowest BCUT2D eigenvalue weighted by Gasteiger charge is -2.14. The molecule has 37 heavy (non-hydrogen) atoms. The molecule has 0 saturated carbocycles. The molecule has 1 saturated heterocycles. The zero-order valence-electron chi connectivity index (χ0n) is 19.4. The molecule has 0 aromatic heterocycles. The number of nitrogens with zero attached hydrogens (tertiary/aromatic N) is 1. The number of hydrogen-bond acceptors (Lipinski definition) is 5. The van der Waals surface area contributed by atoms with E-state index in [0.29, 0.717) is 11.3 Å². The number of benzene rings is 3. The average Bonchev–Trinajstić information content (AvgIpc) is 3.13. The van der Waals surface area contributed by atoms with Crippen LogP contribution >= 0.6 is 11.6 Å². The minimum absolute atomic E-state index is 0.0354. The summed E-state index contributed by atoms with van der Waals surface area (Å²) < 4.78 is 37.8. The number of urea groups is 1. The van der Waals surface area contributed by atoms with Gasteiger partial charge in [0.1, 0.15) is 17.3 Å². The van der Waals surface area contributed by atoms with Gasteiger partial charge in [-0.3, -0.25) is 14.5 Å². The molecule has 1 aliphatic rings. The van der Waals surface area contributed by atoms with Crippen LogP contribution in [0.15, 0.2) is 66.4 Å². The Labute approximate surface area is 215 Å². The number of halogens is 3. The summed E-state index contributed by atoms with van der Waals surface area (Å²) in [7, 11) is 1.37. The first-order valence-electron chi connectivity index (χ1n) is 10.9. The summed E-state index contributed by atoms with van der Waals surface area (Å²) in [6, 6.07) is 13.4. The molecular weight excluding hydrogens is 508 g/mol. The first-order valence-corrected chi connectivity index (χ1v) is 11.3. The van der Waals surface area contributed by atoms with Gasteiger partial charge in [0.15, 0.2) is 18.1 Å². The van der Waals surface area contributed by atoms with Crippen LogP contribution in [0.2, 0.25) is 5.02 Å². The summed E-state index contributed by atoms with van der Waals surface area (Å²) in [5, 5.41) is 5.11.